The maximum absolute atomic E-state index is 12.3. The summed E-state index contributed by atoms with van der Waals surface area (Å²) < 4.78 is 0. The molecule has 4 nitrogen and oxygen atoms in total. The molecule has 1 aromatic heterocycles. The number of carbonyl (C=O) groups is 1. The quantitative estimate of drug-likeness (QED) is 0.754. The molecule has 0 saturated carbocycles. The highest BCUT2D eigenvalue weighted by molar-refractivity contribution is 6.08. The van der Waals surface area contributed by atoms with E-state index >= 15 is 0 Å². The third-order valence-electron chi connectivity index (χ3n) is 3.22. The monoisotopic (exact) mass is 278 g/mol. The summed E-state index contributed by atoms with van der Waals surface area (Å²) in [6, 6.07) is 15.7. The minimum Gasteiger partial charge on any atom is -0.508 e. The summed E-state index contributed by atoms with van der Waals surface area (Å²) in [6.45, 7) is 1.89. The molecule has 0 atom stereocenters. The van der Waals surface area contributed by atoms with Gasteiger partial charge in [0, 0.05) is 16.6 Å². The molecule has 0 radical (unpaired) electrons. The number of phenols is 1. The topological polar surface area (TPSA) is 62.2 Å². The molecule has 4 heteroatoms. The van der Waals surface area contributed by atoms with Crippen LogP contribution in [0.5, 0.6) is 5.75 Å². The Labute approximate surface area is 122 Å². The molecule has 0 fully saturated rings. The Kier molecular flexibility index (Phi) is 3.28. The first-order valence-corrected chi connectivity index (χ1v) is 6.60. The standard InChI is InChI=1S/C17H14N2O2/c1-11-10-16(14-4-2-3-5-15(14)18-11)19-17(21)12-6-8-13(20)9-7-12/h2-10,20H,1H3,(H,18,19,21). The van der Waals surface area contributed by atoms with Crippen molar-refractivity contribution in [1.82, 2.24) is 4.98 Å². The predicted octanol–water partition coefficient (Wildman–Crippen LogP) is 3.50. The minimum atomic E-state index is -0.217. The van der Waals surface area contributed by atoms with Gasteiger partial charge in [0.15, 0.2) is 0 Å². The van der Waals surface area contributed by atoms with Crippen molar-refractivity contribution in [2.24, 2.45) is 0 Å². The van der Waals surface area contributed by atoms with Gasteiger partial charge < -0.3 is 10.4 Å². The SMILES string of the molecule is Cc1cc(NC(=O)c2ccc(O)cc2)c2ccccc2n1. The number of benzene rings is 2. The van der Waals surface area contributed by atoms with E-state index in [0.717, 1.165) is 22.3 Å². The molecule has 3 rings (SSSR count). The summed E-state index contributed by atoms with van der Waals surface area (Å²) in [7, 11) is 0. The molecule has 2 N–H and O–H groups in total. The van der Waals surface area contributed by atoms with Gasteiger partial charge in [-0.15, -0.1) is 0 Å². The zero-order chi connectivity index (χ0) is 14.8. The van der Waals surface area contributed by atoms with E-state index in [0.29, 0.717) is 5.56 Å². The molecule has 0 aliphatic rings. The Morgan fingerprint density at radius 1 is 1.10 bits per heavy atom. The molecule has 21 heavy (non-hydrogen) atoms. The lowest BCUT2D eigenvalue weighted by molar-refractivity contribution is 0.102. The van der Waals surface area contributed by atoms with Gasteiger partial charge in [-0.3, -0.25) is 9.78 Å². The predicted molar refractivity (Wildman–Crippen MR) is 82.5 cm³/mol. The maximum atomic E-state index is 12.3. The third kappa shape index (κ3) is 2.69. The van der Waals surface area contributed by atoms with Gasteiger partial charge in [-0.25, -0.2) is 0 Å². The van der Waals surface area contributed by atoms with Crippen LogP contribution in [0.2, 0.25) is 0 Å². The summed E-state index contributed by atoms with van der Waals surface area (Å²) in [5.41, 5.74) is 2.91. The van der Waals surface area contributed by atoms with E-state index in [1.807, 2.05) is 37.3 Å². The molecular weight excluding hydrogens is 264 g/mol. The largest absolute Gasteiger partial charge is 0.508 e. The van der Waals surface area contributed by atoms with Crippen molar-refractivity contribution in [3.8, 4) is 5.75 Å². The summed E-state index contributed by atoms with van der Waals surface area (Å²) in [5.74, 6) is -0.0810. The van der Waals surface area contributed by atoms with Gasteiger partial charge in [-0.1, -0.05) is 18.2 Å². The normalized spacial score (nSPS) is 10.5. The first-order chi connectivity index (χ1) is 10.1. The molecule has 1 amide bonds. The number of pyridine rings is 1. The number of anilines is 1. The fourth-order valence-corrected chi connectivity index (χ4v) is 2.22. The number of nitrogens with one attached hydrogen (secondary N) is 1. The number of aromatic nitrogens is 1. The summed E-state index contributed by atoms with van der Waals surface area (Å²) in [4.78, 5) is 16.7. The zero-order valence-electron chi connectivity index (χ0n) is 11.5. The van der Waals surface area contributed by atoms with Crippen LogP contribution < -0.4 is 5.32 Å². The molecule has 3 aromatic rings. The van der Waals surface area contributed by atoms with Gasteiger partial charge in [0.25, 0.3) is 5.91 Å². The lowest BCUT2D eigenvalue weighted by atomic mass is 10.1. The van der Waals surface area contributed by atoms with Crippen molar-refractivity contribution in [1.29, 1.82) is 0 Å². The van der Waals surface area contributed by atoms with E-state index in [9.17, 15) is 9.90 Å². The van der Waals surface area contributed by atoms with Gasteiger partial charge >= 0.3 is 0 Å². The van der Waals surface area contributed by atoms with Crippen LogP contribution in [-0.4, -0.2) is 16.0 Å². The smallest absolute Gasteiger partial charge is 0.255 e. The molecule has 1 heterocycles. The first-order valence-electron chi connectivity index (χ1n) is 6.60. The van der Waals surface area contributed by atoms with Crippen LogP contribution in [0.3, 0.4) is 0 Å². The Morgan fingerprint density at radius 2 is 1.81 bits per heavy atom. The second kappa shape index (κ2) is 5.25. The van der Waals surface area contributed by atoms with Gasteiger partial charge in [-0.05, 0) is 43.3 Å². The Balaban J connectivity index is 1.98. The number of phenolic OH excluding ortho intramolecular Hbond substituents is 1. The fourth-order valence-electron chi connectivity index (χ4n) is 2.22. The van der Waals surface area contributed by atoms with E-state index in [1.54, 1.807) is 12.1 Å². The lowest BCUT2D eigenvalue weighted by Gasteiger charge is -2.10. The number of rotatable bonds is 2. The lowest BCUT2D eigenvalue weighted by Crippen LogP contribution is -2.12. The molecule has 0 bridgehead atoms. The molecule has 0 unspecified atom stereocenters. The third-order valence-corrected chi connectivity index (χ3v) is 3.22. The minimum absolute atomic E-state index is 0.136. The highest BCUT2D eigenvalue weighted by atomic mass is 16.3. The maximum Gasteiger partial charge on any atom is 0.255 e. The number of hydrogen-bond acceptors (Lipinski definition) is 3. The van der Waals surface area contributed by atoms with Crippen LogP contribution in [0.25, 0.3) is 10.9 Å². The van der Waals surface area contributed by atoms with Gasteiger partial charge in [0.2, 0.25) is 0 Å². The molecule has 0 spiro atoms. The summed E-state index contributed by atoms with van der Waals surface area (Å²) in [5, 5.41) is 13.1. The van der Waals surface area contributed by atoms with E-state index < -0.39 is 0 Å². The average molecular weight is 278 g/mol. The zero-order valence-corrected chi connectivity index (χ0v) is 11.5. The van der Waals surface area contributed by atoms with Crippen LogP contribution in [0.1, 0.15) is 16.1 Å². The number of carbonyl (C=O) groups excluding carboxylic acids is 1. The van der Waals surface area contributed by atoms with E-state index in [2.05, 4.69) is 10.3 Å². The molecule has 2 aromatic carbocycles. The summed E-state index contributed by atoms with van der Waals surface area (Å²) >= 11 is 0. The van der Waals surface area contributed by atoms with Gasteiger partial charge in [0.05, 0.1) is 11.2 Å². The van der Waals surface area contributed by atoms with Crippen LogP contribution in [-0.2, 0) is 0 Å². The second-order valence-electron chi connectivity index (χ2n) is 4.83. The Morgan fingerprint density at radius 3 is 2.57 bits per heavy atom. The molecule has 0 aliphatic carbocycles. The fraction of sp³-hybridized carbons (Fsp3) is 0.0588. The number of hydrogen-bond donors (Lipinski definition) is 2. The van der Waals surface area contributed by atoms with Crippen molar-refractivity contribution in [2.75, 3.05) is 5.32 Å². The highest BCUT2D eigenvalue weighted by Crippen LogP contribution is 2.23. The number of aromatic hydroxyl groups is 1. The van der Waals surface area contributed by atoms with E-state index in [1.165, 1.54) is 12.1 Å². The van der Waals surface area contributed by atoms with Gasteiger partial charge in [-0.2, -0.15) is 0 Å². The van der Waals surface area contributed by atoms with Crippen LogP contribution in [0.15, 0.2) is 54.6 Å². The highest BCUT2D eigenvalue weighted by Gasteiger charge is 2.09. The molecule has 0 aliphatic heterocycles. The average Bonchev–Trinajstić information content (AvgIpc) is 2.47. The molecule has 0 saturated heterocycles. The molecule has 104 valence electrons. The van der Waals surface area contributed by atoms with E-state index in [-0.39, 0.29) is 11.7 Å². The van der Waals surface area contributed by atoms with Crippen LogP contribution in [0, 0.1) is 6.92 Å². The Hall–Kier alpha value is -2.88. The number of nitrogens with zero attached hydrogens (tertiary/aromatic N) is 1. The summed E-state index contributed by atoms with van der Waals surface area (Å²) in [6.07, 6.45) is 0. The second-order valence-corrected chi connectivity index (χ2v) is 4.83. The first kappa shape index (κ1) is 13.1. The van der Waals surface area contributed by atoms with Crippen molar-refractivity contribution >= 4 is 22.5 Å². The number of amides is 1. The van der Waals surface area contributed by atoms with Crippen molar-refractivity contribution in [2.45, 2.75) is 6.92 Å². The van der Waals surface area contributed by atoms with Gasteiger partial charge in [0.1, 0.15) is 5.75 Å². The van der Waals surface area contributed by atoms with Crippen LogP contribution >= 0.6 is 0 Å². The Bertz CT molecular complexity index is 811. The van der Waals surface area contributed by atoms with Crippen LogP contribution in [0.4, 0.5) is 5.69 Å². The van der Waals surface area contributed by atoms with Crippen molar-refractivity contribution in [3.05, 3.63) is 65.9 Å². The number of fused-ring (bicyclic) bond motifs is 1. The van der Waals surface area contributed by atoms with E-state index in [4.69, 9.17) is 0 Å². The van der Waals surface area contributed by atoms with Crippen molar-refractivity contribution in [3.63, 3.8) is 0 Å². The number of aryl methyl sites for hydroxylation is 1. The number of para-hydroxylation sites is 1. The molecular formula is C17H14N2O2. The van der Waals surface area contributed by atoms with Crippen molar-refractivity contribution < 1.29 is 9.90 Å².